The largest absolute Gasteiger partial charge is 0.371 e. The Labute approximate surface area is 118 Å². The molecular weight excluding hydrogens is 264 g/mol. The Balaban J connectivity index is 2.27. The Morgan fingerprint density at radius 1 is 1.37 bits per heavy atom. The number of rotatable bonds is 3. The number of piperidine rings is 1. The Morgan fingerprint density at radius 2 is 2.00 bits per heavy atom. The number of benzene rings is 1. The summed E-state index contributed by atoms with van der Waals surface area (Å²) in [4.78, 5) is 12.8. The second-order valence-electron chi connectivity index (χ2n) is 5.55. The number of nitrogens with zero attached hydrogens (tertiary/aromatic N) is 2. The minimum Gasteiger partial charge on any atom is -0.371 e. The van der Waals surface area contributed by atoms with Crippen molar-refractivity contribution in [3.05, 3.63) is 33.9 Å². The van der Waals surface area contributed by atoms with Crippen LogP contribution in [0.2, 0.25) is 0 Å². The average molecular weight is 283 g/mol. The highest BCUT2D eigenvalue weighted by molar-refractivity contribution is 6.17. The third-order valence-electron chi connectivity index (χ3n) is 3.64. The lowest BCUT2D eigenvalue weighted by molar-refractivity contribution is -0.385. The van der Waals surface area contributed by atoms with Crippen LogP contribution in [0.15, 0.2) is 18.2 Å². The zero-order valence-electron chi connectivity index (χ0n) is 11.3. The highest BCUT2D eigenvalue weighted by Gasteiger charge is 2.23. The van der Waals surface area contributed by atoms with Crippen molar-refractivity contribution in [2.24, 2.45) is 11.8 Å². The van der Waals surface area contributed by atoms with Crippen molar-refractivity contribution in [3.8, 4) is 0 Å². The maximum Gasteiger partial charge on any atom is 0.273 e. The summed E-state index contributed by atoms with van der Waals surface area (Å²) in [6.07, 6.45) is 1.24. The SMILES string of the molecule is CC1CC(C)CN(c2ccc([N+](=O)[O-])c(CCl)c2)C1. The van der Waals surface area contributed by atoms with Crippen LogP contribution >= 0.6 is 11.6 Å². The zero-order chi connectivity index (χ0) is 14.0. The van der Waals surface area contributed by atoms with E-state index >= 15 is 0 Å². The summed E-state index contributed by atoms with van der Waals surface area (Å²) in [6, 6.07) is 5.26. The number of anilines is 1. The van der Waals surface area contributed by atoms with Crippen LogP contribution in [-0.4, -0.2) is 18.0 Å². The van der Waals surface area contributed by atoms with E-state index in [2.05, 4.69) is 18.7 Å². The van der Waals surface area contributed by atoms with Gasteiger partial charge in [0.2, 0.25) is 0 Å². The first-order chi connectivity index (χ1) is 9.01. The molecule has 1 aromatic rings. The van der Waals surface area contributed by atoms with Gasteiger partial charge in [-0.15, -0.1) is 11.6 Å². The smallest absolute Gasteiger partial charge is 0.273 e. The van der Waals surface area contributed by atoms with Crippen LogP contribution in [0.4, 0.5) is 11.4 Å². The maximum atomic E-state index is 10.9. The van der Waals surface area contributed by atoms with Crippen molar-refractivity contribution in [3.63, 3.8) is 0 Å². The topological polar surface area (TPSA) is 46.4 Å². The molecule has 1 aliphatic rings. The quantitative estimate of drug-likeness (QED) is 0.481. The molecule has 1 aromatic carbocycles. The normalized spacial score (nSPS) is 23.4. The number of nitro groups is 1. The lowest BCUT2D eigenvalue weighted by Gasteiger charge is -2.36. The molecule has 2 unspecified atom stereocenters. The van der Waals surface area contributed by atoms with Crippen LogP contribution in [0.25, 0.3) is 0 Å². The molecule has 0 spiro atoms. The predicted octanol–water partition coefficient (Wildman–Crippen LogP) is 3.82. The number of hydrogen-bond donors (Lipinski definition) is 0. The van der Waals surface area contributed by atoms with Gasteiger partial charge >= 0.3 is 0 Å². The van der Waals surface area contributed by atoms with Gasteiger partial charge < -0.3 is 4.90 Å². The van der Waals surface area contributed by atoms with Crippen molar-refractivity contribution in [2.75, 3.05) is 18.0 Å². The molecule has 2 atom stereocenters. The summed E-state index contributed by atoms with van der Waals surface area (Å²) in [7, 11) is 0. The van der Waals surface area contributed by atoms with Gasteiger partial charge in [-0.3, -0.25) is 10.1 Å². The fourth-order valence-corrected chi connectivity index (χ4v) is 3.14. The minimum atomic E-state index is -0.372. The number of nitro benzene ring substituents is 1. The van der Waals surface area contributed by atoms with Gasteiger partial charge in [0.05, 0.1) is 10.8 Å². The van der Waals surface area contributed by atoms with Crippen LogP contribution in [0, 0.1) is 22.0 Å². The molecule has 104 valence electrons. The first kappa shape index (κ1) is 14.1. The van der Waals surface area contributed by atoms with Crippen LogP contribution in [0.3, 0.4) is 0 Å². The summed E-state index contributed by atoms with van der Waals surface area (Å²) >= 11 is 5.82. The van der Waals surface area contributed by atoms with E-state index in [9.17, 15) is 10.1 Å². The van der Waals surface area contributed by atoms with Crippen molar-refractivity contribution in [2.45, 2.75) is 26.1 Å². The molecule has 19 heavy (non-hydrogen) atoms. The van der Waals surface area contributed by atoms with E-state index in [0.29, 0.717) is 17.4 Å². The number of halogens is 1. The Hall–Kier alpha value is -1.29. The van der Waals surface area contributed by atoms with E-state index in [1.807, 2.05) is 12.1 Å². The van der Waals surface area contributed by atoms with Gasteiger partial charge in [0.15, 0.2) is 0 Å². The molecule has 1 fully saturated rings. The predicted molar refractivity (Wildman–Crippen MR) is 77.8 cm³/mol. The van der Waals surface area contributed by atoms with Gasteiger partial charge in [0.25, 0.3) is 5.69 Å². The van der Waals surface area contributed by atoms with E-state index in [0.717, 1.165) is 18.8 Å². The Morgan fingerprint density at radius 3 is 2.53 bits per heavy atom. The zero-order valence-corrected chi connectivity index (χ0v) is 12.1. The molecule has 4 nitrogen and oxygen atoms in total. The first-order valence-electron chi connectivity index (χ1n) is 6.59. The second-order valence-corrected chi connectivity index (χ2v) is 5.82. The third-order valence-corrected chi connectivity index (χ3v) is 3.93. The minimum absolute atomic E-state index is 0.108. The fourth-order valence-electron chi connectivity index (χ4n) is 2.93. The molecule has 0 bridgehead atoms. The van der Waals surface area contributed by atoms with Crippen LogP contribution in [0.1, 0.15) is 25.8 Å². The monoisotopic (exact) mass is 282 g/mol. The van der Waals surface area contributed by atoms with Crippen LogP contribution in [-0.2, 0) is 5.88 Å². The summed E-state index contributed by atoms with van der Waals surface area (Å²) in [5.41, 5.74) is 1.74. The Kier molecular flexibility index (Phi) is 4.30. The second kappa shape index (κ2) is 5.78. The molecule has 5 heteroatoms. The molecule has 0 N–H and O–H groups in total. The number of alkyl halides is 1. The standard InChI is InChI=1S/C14H19ClN2O2/c1-10-5-11(2)9-16(8-10)13-3-4-14(17(18)19)12(6-13)7-15/h3-4,6,10-11H,5,7-9H2,1-2H3. The van der Waals surface area contributed by atoms with E-state index in [1.165, 1.54) is 6.42 Å². The molecule has 1 aliphatic heterocycles. The van der Waals surface area contributed by atoms with Crippen molar-refractivity contribution >= 4 is 23.0 Å². The molecule has 0 radical (unpaired) electrons. The van der Waals surface area contributed by atoms with Crippen molar-refractivity contribution in [1.29, 1.82) is 0 Å². The number of hydrogen-bond acceptors (Lipinski definition) is 3. The van der Waals surface area contributed by atoms with Gasteiger partial charge in [0, 0.05) is 30.4 Å². The molecule has 0 aromatic heterocycles. The maximum absolute atomic E-state index is 10.9. The molecule has 0 aliphatic carbocycles. The van der Waals surface area contributed by atoms with E-state index < -0.39 is 0 Å². The van der Waals surface area contributed by atoms with Crippen LogP contribution in [0.5, 0.6) is 0 Å². The molecule has 2 rings (SSSR count). The first-order valence-corrected chi connectivity index (χ1v) is 7.13. The average Bonchev–Trinajstić information content (AvgIpc) is 2.36. The van der Waals surface area contributed by atoms with Gasteiger partial charge in [-0.1, -0.05) is 13.8 Å². The lowest BCUT2D eigenvalue weighted by Crippen LogP contribution is -2.38. The summed E-state index contributed by atoms with van der Waals surface area (Å²) in [6.45, 7) is 6.50. The summed E-state index contributed by atoms with van der Waals surface area (Å²) < 4.78 is 0. The van der Waals surface area contributed by atoms with Gasteiger partial charge in [-0.2, -0.15) is 0 Å². The van der Waals surface area contributed by atoms with E-state index in [1.54, 1.807) is 6.07 Å². The fraction of sp³-hybridized carbons (Fsp3) is 0.571. The van der Waals surface area contributed by atoms with Crippen molar-refractivity contribution in [1.82, 2.24) is 0 Å². The van der Waals surface area contributed by atoms with Gasteiger partial charge in [-0.25, -0.2) is 0 Å². The van der Waals surface area contributed by atoms with E-state index in [4.69, 9.17) is 11.6 Å². The molecular formula is C14H19ClN2O2. The lowest BCUT2D eigenvalue weighted by atomic mass is 9.91. The van der Waals surface area contributed by atoms with Gasteiger partial charge in [0.1, 0.15) is 0 Å². The van der Waals surface area contributed by atoms with Crippen molar-refractivity contribution < 1.29 is 4.92 Å². The third kappa shape index (κ3) is 3.18. The highest BCUT2D eigenvalue weighted by atomic mass is 35.5. The Bertz CT molecular complexity index is 469. The molecule has 0 amide bonds. The summed E-state index contributed by atoms with van der Waals surface area (Å²) in [5, 5.41) is 10.9. The molecule has 1 heterocycles. The molecule has 0 saturated carbocycles. The van der Waals surface area contributed by atoms with Gasteiger partial charge in [-0.05, 0) is 30.4 Å². The van der Waals surface area contributed by atoms with E-state index in [-0.39, 0.29) is 16.5 Å². The molecule has 1 saturated heterocycles. The highest BCUT2D eigenvalue weighted by Crippen LogP contribution is 2.30. The summed E-state index contributed by atoms with van der Waals surface area (Å²) in [5.74, 6) is 1.47. The van der Waals surface area contributed by atoms with Crippen LogP contribution < -0.4 is 4.90 Å².